The van der Waals surface area contributed by atoms with E-state index >= 15 is 0 Å². The first-order chi connectivity index (χ1) is 8.56. The highest BCUT2D eigenvalue weighted by atomic mass is 35.5. The highest BCUT2D eigenvalue weighted by Gasteiger charge is 2.04. The van der Waals surface area contributed by atoms with Crippen molar-refractivity contribution in [1.82, 2.24) is 0 Å². The number of halogens is 2. The van der Waals surface area contributed by atoms with Crippen LogP contribution in [0.5, 0.6) is 5.75 Å². The van der Waals surface area contributed by atoms with E-state index in [1.165, 1.54) is 0 Å². The van der Waals surface area contributed by atoms with Crippen LogP contribution in [0.15, 0.2) is 36.4 Å². The molecule has 0 fully saturated rings. The lowest BCUT2D eigenvalue weighted by Gasteiger charge is -2.11. The van der Waals surface area contributed by atoms with Crippen LogP contribution in [-0.2, 0) is 6.61 Å². The minimum atomic E-state index is 0.389. The molecule has 0 spiro atoms. The zero-order valence-corrected chi connectivity index (χ0v) is 11.4. The van der Waals surface area contributed by atoms with Crippen LogP contribution >= 0.6 is 23.2 Å². The van der Waals surface area contributed by atoms with Crippen molar-refractivity contribution < 1.29 is 4.74 Å². The maximum atomic E-state index is 6.08. The van der Waals surface area contributed by atoms with Gasteiger partial charge in [0.25, 0.3) is 0 Å². The highest BCUT2D eigenvalue weighted by molar-refractivity contribution is 6.35. The summed E-state index contributed by atoms with van der Waals surface area (Å²) in [7, 11) is 0. The van der Waals surface area contributed by atoms with Crippen LogP contribution in [0.3, 0.4) is 0 Å². The van der Waals surface area contributed by atoms with E-state index in [1.54, 1.807) is 18.2 Å². The number of benzene rings is 2. The average molecular weight is 282 g/mol. The molecule has 2 aromatic rings. The molecule has 0 saturated carbocycles. The Labute approximate surface area is 116 Å². The fourth-order valence-corrected chi connectivity index (χ4v) is 2.03. The molecular formula is C14H13Cl2NO. The molecule has 2 nitrogen and oxygen atoms in total. The molecule has 0 atom stereocenters. The molecule has 0 unspecified atom stereocenters. The molecule has 94 valence electrons. The number of ether oxygens (including phenoxy) is 1. The highest BCUT2D eigenvalue weighted by Crippen LogP contribution is 2.25. The van der Waals surface area contributed by atoms with Gasteiger partial charge in [-0.3, -0.25) is 0 Å². The Morgan fingerprint density at radius 3 is 2.61 bits per heavy atom. The fourth-order valence-electron chi connectivity index (χ4n) is 1.57. The van der Waals surface area contributed by atoms with E-state index in [-0.39, 0.29) is 0 Å². The van der Waals surface area contributed by atoms with Crippen LogP contribution in [-0.4, -0.2) is 0 Å². The van der Waals surface area contributed by atoms with Crippen molar-refractivity contribution in [3.05, 3.63) is 57.6 Å². The number of anilines is 1. The standard InChI is InChI=1S/C14H13Cl2NO/c1-9-2-5-12(17)7-14(9)18-8-10-3-4-11(15)6-13(10)16/h2-7H,8,17H2,1H3. The van der Waals surface area contributed by atoms with Crippen LogP contribution in [0.1, 0.15) is 11.1 Å². The van der Waals surface area contributed by atoms with Gasteiger partial charge in [-0.05, 0) is 30.7 Å². The fraction of sp³-hybridized carbons (Fsp3) is 0.143. The molecule has 2 rings (SSSR count). The zero-order valence-electron chi connectivity index (χ0n) is 9.91. The lowest BCUT2D eigenvalue weighted by Crippen LogP contribution is -1.98. The summed E-state index contributed by atoms with van der Waals surface area (Å²) in [5.41, 5.74) is 8.33. The van der Waals surface area contributed by atoms with Crippen molar-refractivity contribution in [3.63, 3.8) is 0 Å². The molecule has 0 amide bonds. The largest absolute Gasteiger partial charge is 0.489 e. The molecule has 0 radical (unpaired) electrons. The van der Waals surface area contributed by atoms with E-state index in [0.717, 1.165) is 16.9 Å². The lowest BCUT2D eigenvalue weighted by atomic mass is 10.2. The Hall–Kier alpha value is -1.38. The third-order valence-electron chi connectivity index (χ3n) is 2.61. The van der Waals surface area contributed by atoms with E-state index in [4.69, 9.17) is 33.7 Å². The van der Waals surface area contributed by atoms with Crippen molar-refractivity contribution in [3.8, 4) is 5.75 Å². The topological polar surface area (TPSA) is 35.2 Å². The van der Waals surface area contributed by atoms with Gasteiger partial charge in [0.1, 0.15) is 12.4 Å². The Morgan fingerprint density at radius 1 is 1.11 bits per heavy atom. The number of nitrogen functional groups attached to an aromatic ring is 1. The first kappa shape index (κ1) is 13.1. The summed E-state index contributed by atoms with van der Waals surface area (Å²) in [6, 6.07) is 10.9. The maximum absolute atomic E-state index is 6.08. The smallest absolute Gasteiger partial charge is 0.124 e. The van der Waals surface area contributed by atoms with E-state index in [1.807, 2.05) is 25.1 Å². The van der Waals surface area contributed by atoms with Crippen LogP contribution < -0.4 is 10.5 Å². The van der Waals surface area contributed by atoms with Gasteiger partial charge in [0, 0.05) is 27.4 Å². The molecule has 0 aliphatic rings. The van der Waals surface area contributed by atoms with Gasteiger partial charge >= 0.3 is 0 Å². The SMILES string of the molecule is Cc1ccc(N)cc1OCc1ccc(Cl)cc1Cl. The maximum Gasteiger partial charge on any atom is 0.124 e. The van der Waals surface area contributed by atoms with Crippen molar-refractivity contribution in [2.75, 3.05) is 5.73 Å². The zero-order chi connectivity index (χ0) is 13.1. The van der Waals surface area contributed by atoms with Crippen molar-refractivity contribution in [2.24, 2.45) is 0 Å². The Balaban J connectivity index is 2.13. The van der Waals surface area contributed by atoms with Crippen LogP contribution in [0.2, 0.25) is 10.0 Å². The van der Waals surface area contributed by atoms with Crippen molar-refractivity contribution in [2.45, 2.75) is 13.5 Å². The second kappa shape index (κ2) is 5.51. The van der Waals surface area contributed by atoms with Gasteiger partial charge in [-0.2, -0.15) is 0 Å². The van der Waals surface area contributed by atoms with Gasteiger partial charge in [0.05, 0.1) is 0 Å². The minimum absolute atomic E-state index is 0.389. The number of aryl methyl sites for hydroxylation is 1. The summed E-state index contributed by atoms with van der Waals surface area (Å²) >= 11 is 11.9. The third kappa shape index (κ3) is 3.09. The molecule has 0 aromatic heterocycles. The van der Waals surface area contributed by atoms with Gasteiger partial charge in [-0.25, -0.2) is 0 Å². The first-order valence-corrected chi connectivity index (χ1v) is 6.24. The Bertz CT molecular complexity index is 570. The molecule has 18 heavy (non-hydrogen) atoms. The molecule has 2 N–H and O–H groups in total. The van der Waals surface area contributed by atoms with Crippen LogP contribution in [0.4, 0.5) is 5.69 Å². The van der Waals surface area contributed by atoms with Gasteiger partial charge < -0.3 is 10.5 Å². The molecule has 0 aliphatic heterocycles. The quantitative estimate of drug-likeness (QED) is 0.843. The number of nitrogens with two attached hydrogens (primary N) is 1. The predicted octanol–water partition coefficient (Wildman–Crippen LogP) is 4.46. The van der Waals surface area contributed by atoms with Gasteiger partial charge in [0.2, 0.25) is 0 Å². The molecule has 0 aliphatic carbocycles. The van der Waals surface area contributed by atoms with E-state index in [9.17, 15) is 0 Å². The summed E-state index contributed by atoms with van der Waals surface area (Å²) in [4.78, 5) is 0. The minimum Gasteiger partial charge on any atom is -0.489 e. The van der Waals surface area contributed by atoms with E-state index < -0.39 is 0 Å². The normalized spacial score (nSPS) is 10.4. The van der Waals surface area contributed by atoms with Crippen molar-refractivity contribution >= 4 is 28.9 Å². The second-order valence-electron chi connectivity index (χ2n) is 4.05. The third-order valence-corrected chi connectivity index (χ3v) is 3.20. The summed E-state index contributed by atoms with van der Waals surface area (Å²) in [5.74, 6) is 0.765. The summed E-state index contributed by atoms with van der Waals surface area (Å²) in [6.45, 7) is 2.36. The Morgan fingerprint density at radius 2 is 1.89 bits per heavy atom. The predicted molar refractivity (Wildman–Crippen MR) is 76.4 cm³/mol. The molecule has 0 saturated heterocycles. The summed E-state index contributed by atoms with van der Waals surface area (Å²) in [5, 5.41) is 1.22. The lowest BCUT2D eigenvalue weighted by molar-refractivity contribution is 0.304. The number of hydrogen-bond acceptors (Lipinski definition) is 2. The van der Waals surface area contributed by atoms with E-state index in [0.29, 0.717) is 22.3 Å². The molecule has 4 heteroatoms. The summed E-state index contributed by atoms with van der Waals surface area (Å²) < 4.78 is 5.72. The number of rotatable bonds is 3. The Kier molecular flexibility index (Phi) is 4.00. The summed E-state index contributed by atoms with van der Waals surface area (Å²) in [6.07, 6.45) is 0. The monoisotopic (exact) mass is 281 g/mol. The van der Waals surface area contributed by atoms with Gasteiger partial charge in [-0.15, -0.1) is 0 Å². The molecule has 0 heterocycles. The molecule has 2 aromatic carbocycles. The average Bonchev–Trinajstić information content (AvgIpc) is 2.32. The van der Waals surface area contributed by atoms with E-state index in [2.05, 4.69) is 0 Å². The van der Waals surface area contributed by atoms with Crippen LogP contribution in [0.25, 0.3) is 0 Å². The number of hydrogen-bond donors (Lipinski definition) is 1. The first-order valence-electron chi connectivity index (χ1n) is 5.49. The molecular weight excluding hydrogens is 269 g/mol. The molecule has 0 bridgehead atoms. The van der Waals surface area contributed by atoms with Gasteiger partial charge in [-0.1, -0.05) is 35.3 Å². The second-order valence-corrected chi connectivity index (χ2v) is 4.89. The van der Waals surface area contributed by atoms with Gasteiger partial charge in [0.15, 0.2) is 0 Å². The van der Waals surface area contributed by atoms with Crippen molar-refractivity contribution in [1.29, 1.82) is 0 Å². The van der Waals surface area contributed by atoms with Crippen LogP contribution in [0, 0.1) is 6.92 Å².